The number of nitrogen functional groups attached to an aromatic ring is 1. The molecule has 1 fully saturated rings. The number of nitriles is 1. The summed E-state index contributed by atoms with van der Waals surface area (Å²) in [6.45, 7) is 1.67. The minimum Gasteiger partial charge on any atom is -0.396 e. The van der Waals surface area contributed by atoms with Crippen LogP contribution in [0.4, 0.5) is 10.7 Å². The van der Waals surface area contributed by atoms with Crippen LogP contribution in [0.2, 0.25) is 0 Å². The highest BCUT2D eigenvalue weighted by Crippen LogP contribution is 2.42. The Balaban J connectivity index is 2.26. The van der Waals surface area contributed by atoms with E-state index >= 15 is 0 Å². The lowest BCUT2D eigenvalue weighted by Crippen LogP contribution is -2.28. The monoisotopic (exact) mass is 292 g/mol. The molecule has 0 unspecified atom stereocenters. The molecule has 0 radical (unpaired) electrons. The lowest BCUT2D eigenvalue weighted by atomic mass is 10.1. The first-order chi connectivity index (χ1) is 9.45. The molecule has 1 heterocycles. The van der Waals surface area contributed by atoms with Crippen molar-refractivity contribution in [2.75, 3.05) is 44.9 Å². The minimum atomic E-state index is 0.108. The lowest BCUT2D eigenvalue weighted by Gasteiger charge is -2.20. The van der Waals surface area contributed by atoms with Crippen LogP contribution in [0.3, 0.4) is 0 Å². The van der Waals surface area contributed by atoms with E-state index in [9.17, 15) is 10.1 Å². The molecule has 2 N–H and O–H groups in total. The smallest absolute Gasteiger partial charge is 0.178 e. The molecule has 1 aliphatic rings. The van der Waals surface area contributed by atoms with Gasteiger partial charge in [-0.2, -0.15) is 5.26 Å². The van der Waals surface area contributed by atoms with Crippen LogP contribution in [0.1, 0.15) is 28.1 Å². The van der Waals surface area contributed by atoms with Crippen molar-refractivity contribution < 1.29 is 4.79 Å². The molecule has 1 aromatic heterocycles. The second-order valence-corrected chi connectivity index (χ2v) is 6.50. The first kappa shape index (κ1) is 14.8. The van der Waals surface area contributed by atoms with E-state index in [2.05, 4.69) is 11.0 Å². The van der Waals surface area contributed by atoms with Crippen LogP contribution in [0.5, 0.6) is 0 Å². The van der Waals surface area contributed by atoms with Crippen LogP contribution in [-0.2, 0) is 0 Å². The van der Waals surface area contributed by atoms with Gasteiger partial charge in [-0.1, -0.05) is 0 Å². The predicted octanol–water partition coefficient (Wildman–Crippen LogP) is 1.79. The zero-order chi connectivity index (χ0) is 14.9. The molecule has 5 nitrogen and oxygen atoms in total. The highest BCUT2D eigenvalue weighted by Gasteiger charge is 2.34. The summed E-state index contributed by atoms with van der Waals surface area (Å²) in [6, 6.07) is 2.14. The van der Waals surface area contributed by atoms with E-state index in [0.29, 0.717) is 16.1 Å². The Bertz CT molecular complexity index is 554. The standard InChI is InChI=1S/C14H20N4OS/c1-17(2)6-7-18(3)14-10(8-15)11(16)13(20-14)12(19)9-4-5-9/h9H,4-7,16H2,1-3H3. The lowest BCUT2D eigenvalue weighted by molar-refractivity contribution is 0.0972. The average molecular weight is 292 g/mol. The Morgan fingerprint density at radius 2 is 2.05 bits per heavy atom. The molecule has 0 aliphatic heterocycles. The molecule has 0 aromatic carbocycles. The summed E-state index contributed by atoms with van der Waals surface area (Å²) in [4.78, 5) is 16.8. The maximum Gasteiger partial charge on any atom is 0.178 e. The van der Waals surface area contributed by atoms with Gasteiger partial charge in [-0.05, 0) is 26.9 Å². The molecular weight excluding hydrogens is 272 g/mol. The van der Waals surface area contributed by atoms with Crippen molar-refractivity contribution in [3.63, 3.8) is 0 Å². The summed E-state index contributed by atoms with van der Waals surface area (Å²) in [5.74, 6) is 0.235. The second-order valence-electron chi connectivity index (χ2n) is 5.50. The number of Topliss-reactive ketones (excluding diaryl/α,β-unsaturated/α-hetero) is 1. The Kier molecular flexibility index (Phi) is 4.31. The number of anilines is 2. The fourth-order valence-electron chi connectivity index (χ4n) is 1.97. The molecule has 108 valence electrons. The van der Waals surface area contributed by atoms with Gasteiger partial charge in [0.25, 0.3) is 0 Å². The molecule has 0 bridgehead atoms. The molecule has 1 aromatic rings. The van der Waals surface area contributed by atoms with Crippen LogP contribution in [0.15, 0.2) is 0 Å². The van der Waals surface area contributed by atoms with Crippen molar-refractivity contribution in [1.29, 1.82) is 5.26 Å². The highest BCUT2D eigenvalue weighted by molar-refractivity contribution is 7.19. The summed E-state index contributed by atoms with van der Waals surface area (Å²) < 4.78 is 0. The fraction of sp³-hybridized carbons (Fsp3) is 0.571. The van der Waals surface area contributed by atoms with E-state index in [0.717, 1.165) is 30.9 Å². The number of rotatable bonds is 6. The predicted molar refractivity (Wildman–Crippen MR) is 82.3 cm³/mol. The van der Waals surface area contributed by atoms with Crippen LogP contribution in [-0.4, -0.2) is 44.9 Å². The third-order valence-corrected chi connectivity index (χ3v) is 4.77. The van der Waals surface area contributed by atoms with E-state index in [1.54, 1.807) is 0 Å². The van der Waals surface area contributed by atoms with Gasteiger partial charge in [0.15, 0.2) is 5.78 Å². The number of hydrogen-bond acceptors (Lipinski definition) is 6. The van der Waals surface area contributed by atoms with Gasteiger partial charge in [0.1, 0.15) is 16.6 Å². The van der Waals surface area contributed by atoms with Gasteiger partial charge < -0.3 is 15.5 Å². The molecule has 20 heavy (non-hydrogen) atoms. The van der Waals surface area contributed by atoms with Crippen molar-refractivity contribution >= 4 is 27.8 Å². The molecule has 1 saturated carbocycles. The van der Waals surface area contributed by atoms with Crippen molar-refractivity contribution in [2.45, 2.75) is 12.8 Å². The molecule has 0 saturated heterocycles. The number of nitrogens with two attached hydrogens (primary N) is 1. The first-order valence-electron chi connectivity index (χ1n) is 6.68. The average Bonchev–Trinajstić information content (AvgIpc) is 3.19. The number of carbonyl (C=O) groups excluding carboxylic acids is 1. The molecule has 1 aliphatic carbocycles. The van der Waals surface area contributed by atoms with Gasteiger partial charge >= 0.3 is 0 Å². The Labute approximate surface area is 123 Å². The van der Waals surface area contributed by atoms with Crippen LogP contribution in [0.25, 0.3) is 0 Å². The third kappa shape index (κ3) is 2.94. The molecule has 0 amide bonds. The van der Waals surface area contributed by atoms with Gasteiger partial charge in [0.05, 0.1) is 10.6 Å². The zero-order valence-corrected chi connectivity index (χ0v) is 13.0. The van der Waals surface area contributed by atoms with Crippen LogP contribution >= 0.6 is 11.3 Å². The van der Waals surface area contributed by atoms with Crippen molar-refractivity contribution in [2.24, 2.45) is 5.92 Å². The van der Waals surface area contributed by atoms with E-state index in [-0.39, 0.29) is 11.7 Å². The summed E-state index contributed by atoms with van der Waals surface area (Å²) in [5, 5.41) is 10.1. The van der Waals surface area contributed by atoms with Crippen molar-refractivity contribution in [3.05, 3.63) is 10.4 Å². The van der Waals surface area contributed by atoms with Crippen molar-refractivity contribution in [1.82, 2.24) is 4.90 Å². The maximum absolute atomic E-state index is 12.2. The molecular formula is C14H20N4OS. The second kappa shape index (κ2) is 5.81. The Morgan fingerprint density at radius 1 is 1.40 bits per heavy atom. The van der Waals surface area contributed by atoms with Crippen LogP contribution < -0.4 is 10.6 Å². The largest absolute Gasteiger partial charge is 0.396 e. The molecule has 0 atom stereocenters. The first-order valence-corrected chi connectivity index (χ1v) is 7.49. The van der Waals surface area contributed by atoms with Crippen LogP contribution in [0, 0.1) is 17.2 Å². The molecule has 2 rings (SSSR count). The summed E-state index contributed by atoms with van der Waals surface area (Å²) in [6.07, 6.45) is 1.90. The fourth-order valence-corrected chi connectivity index (χ4v) is 3.15. The number of likely N-dealkylation sites (N-methyl/N-ethyl adjacent to an activating group) is 2. The van der Waals surface area contributed by atoms with E-state index in [1.807, 2.05) is 26.0 Å². The quantitative estimate of drug-likeness (QED) is 0.809. The molecule has 6 heteroatoms. The summed E-state index contributed by atoms with van der Waals surface area (Å²) in [7, 11) is 5.94. The Hall–Kier alpha value is -1.58. The minimum absolute atomic E-state index is 0.108. The third-order valence-electron chi connectivity index (χ3n) is 3.44. The molecule has 0 spiro atoms. The number of nitrogens with zero attached hydrogens (tertiary/aromatic N) is 3. The number of hydrogen-bond donors (Lipinski definition) is 1. The summed E-state index contributed by atoms with van der Waals surface area (Å²) in [5.41, 5.74) is 6.81. The summed E-state index contributed by atoms with van der Waals surface area (Å²) >= 11 is 1.36. The van der Waals surface area contributed by atoms with E-state index in [1.165, 1.54) is 11.3 Å². The van der Waals surface area contributed by atoms with Crippen molar-refractivity contribution in [3.8, 4) is 6.07 Å². The normalized spacial score (nSPS) is 14.3. The van der Waals surface area contributed by atoms with E-state index in [4.69, 9.17) is 5.73 Å². The SMILES string of the molecule is CN(C)CCN(C)c1sc(C(=O)C2CC2)c(N)c1C#N. The number of carbonyl (C=O) groups is 1. The zero-order valence-electron chi connectivity index (χ0n) is 12.1. The maximum atomic E-state index is 12.2. The Morgan fingerprint density at radius 3 is 2.55 bits per heavy atom. The number of ketones is 1. The topological polar surface area (TPSA) is 73.4 Å². The van der Waals surface area contributed by atoms with Gasteiger partial charge in [0, 0.05) is 26.1 Å². The van der Waals surface area contributed by atoms with Gasteiger partial charge in [-0.15, -0.1) is 11.3 Å². The van der Waals surface area contributed by atoms with E-state index < -0.39 is 0 Å². The van der Waals surface area contributed by atoms with Gasteiger partial charge in [0.2, 0.25) is 0 Å². The highest BCUT2D eigenvalue weighted by atomic mass is 32.1. The van der Waals surface area contributed by atoms with Gasteiger partial charge in [-0.25, -0.2) is 0 Å². The number of thiophene rings is 1. The van der Waals surface area contributed by atoms with Gasteiger partial charge in [-0.3, -0.25) is 4.79 Å².